The van der Waals surface area contributed by atoms with Crippen LogP contribution < -0.4 is 0 Å². The first-order chi connectivity index (χ1) is 3.48. The largest absolute Gasteiger partial charge is 0.0741 e. The molecule has 0 aromatic rings. The molecule has 0 amide bonds. The van der Waals surface area contributed by atoms with Gasteiger partial charge in [0.15, 0.2) is 0 Å². The van der Waals surface area contributed by atoms with Crippen LogP contribution in [0.25, 0.3) is 0 Å². The lowest BCUT2D eigenvalue weighted by Crippen LogP contribution is -2.29. The second-order valence-electron chi connectivity index (χ2n) is 3.68. The van der Waals surface area contributed by atoms with Gasteiger partial charge in [0.25, 0.3) is 0 Å². The fraction of sp³-hybridized carbons (Fsp3) is 1.00. The van der Waals surface area contributed by atoms with E-state index in [0.29, 0.717) is 8.55 Å². The van der Waals surface area contributed by atoms with Crippen molar-refractivity contribution < 1.29 is 0 Å². The summed E-state index contributed by atoms with van der Waals surface area (Å²) in [4.78, 5) is 0. The highest BCUT2D eigenvalue weighted by Gasteiger charge is 2.18. The topological polar surface area (TPSA) is 0 Å². The summed E-state index contributed by atoms with van der Waals surface area (Å²) in [6.07, 6.45) is 0. The van der Waals surface area contributed by atoms with Crippen molar-refractivity contribution in [2.75, 3.05) is 0 Å². The van der Waals surface area contributed by atoms with Gasteiger partial charge >= 0.3 is 0 Å². The third-order valence-corrected chi connectivity index (χ3v) is 24.6. The van der Waals surface area contributed by atoms with E-state index in [0.717, 1.165) is 5.04 Å². The smallest absolute Gasteiger partial charge is 0.0237 e. The van der Waals surface area contributed by atoms with E-state index in [4.69, 9.17) is 0 Å². The van der Waals surface area contributed by atoms with E-state index in [1.807, 2.05) is 0 Å². The summed E-state index contributed by atoms with van der Waals surface area (Å²) in [6.45, 7) is 9.78. The maximum Gasteiger partial charge on any atom is 0.0237 e. The van der Waals surface area contributed by atoms with E-state index in [1.54, 1.807) is 9.76 Å². The van der Waals surface area contributed by atoms with Gasteiger partial charge in [-0.05, 0) is 23.4 Å². The zero-order chi connectivity index (χ0) is 6.78. The molecule has 0 fully saturated rings. The van der Waals surface area contributed by atoms with Crippen molar-refractivity contribution in [2.24, 2.45) is 0 Å². The van der Waals surface area contributed by atoms with Crippen LogP contribution in [-0.2, 0) is 0 Å². The average molecular weight is 162 g/mol. The van der Waals surface area contributed by atoms with Crippen molar-refractivity contribution in [3.8, 4) is 0 Å². The molecule has 50 valence electrons. The second kappa shape index (κ2) is 2.98. The summed E-state index contributed by atoms with van der Waals surface area (Å²) in [5.41, 5.74) is 0. The predicted molar refractivity (Wildman–Crippen MR) is 51.2 cm³/mol. The standard InChI is InChI=1S/C5H18Si3/c1-5(2,3)8(4)7-6/h8H,7H2,1-4,6H3. The predicted octanol–water partition coefficient (Wildman–Crippen LogP) is -0.411. The lowest BCUT2D eigenvalue weighted by molar-refractivity contribution is 0.750. The Bertz CT molecular complexity index is 64.6. The van der Waals surface area contributed by atoms with Gasteiger partial charge in [0.2, 0.25) is 0 Å². The van der Waals surface area contributed by atoms with Gasteiger partial charge in [0.05, 0.1) is 0 Å². The molecule has 1 unspecified atom stereocenters. The second-order valence-corrected chi connectivity index (χ2v) is 21.5. The number of hydrogen-bond acceptors (Lipinski definition) is 0. The Morgan fingerprint density at radius 3 is 1.75 bits per heavy atom. The van der Waals surface area contributed by atoms with Gasteiger partial charge < -0.3 is 0 Å². The minimum Gasteiger partial charge on any atom is -0.0741 e. The van der Waals surface area contributed by atoms with Crippen LogP contribution in [0.1, 0.15) is 20.8 Å². The van der Waals surface area contributed by atoms with Gasteiger partial charge in [-0.1, -0.05) is 27.3 Å². The summed E-state index contributed by atoms with van der Waals surface area (Å²) in [5, 5.41) is 0.744. The average Bonchev–Trinajstić information content (AvgIpc) is 1.62. The Hall–Kier alpha value is 0.651. The highest BCUT2D eigenvalue weighted by atomic mass is 29.5. The van der Waals surface area contributed by atoms with Gasteiger partial charge in [0.1, 0.15) is 0 Å². The monoisotopic (exact) mass is 162 g/mol. The maximum atomic E-state index is 2.54. The molecule has 0 radical (unpaired) electrons. The molecular formula is C5H18Si3. The first kappa shape index (κ1) is 8.65. The molecule has 0 aliphatic carbocycles. The van der Waals surface area contributed by atoms with Gasteiger partial charge in [0, 0.05) is 8.31 Å². The fourth-order valence-electron chi connectivity index (χ4n) is 0.612. The summed E-state index contributed by atoms with van der Waals surface area (Å²) >= 11 is 0. The lowest BCUT2D eigenvalue weighted by Gasteiger charge is -2.24. The van der Waals surface area contributed by atoms with Gasteiger partial charge in [-0.2, -0.15) is 0 Å². The third-order valence-electron chi connectivity index (χ3n) is 2.09. The summed E-state index contributed by atoms with van der Waals surface area (Å²) in [7, 11) is 1.90. The normalized spacial score (nSPS) is 18.0. The van der Waals surface area contributed by atoms with E-state index >= 15 is 0 Å². The minimum absolute atomic E-state index is 0.169. The molecule has 0 heterocycles. The Morgan fingerprint density at radius 2 is 1.75 bits per heavy atom. The summed E-state index contributed by atoms with van der Waals surface area (Å²) < 4.78 is 0. The molecule has 0 rings (SSSR count). The highest BCUT2D eigenvalue weighted by molar-refractivity contribution is 7.31. The minimum atomic E-state index is -0.169. The fourth-order valence-corrected chi connectivity index (χ4v) is 16.5. The van der Waals surface area contributed by atoms with Crippen LogP contribution in [0.4, 0.5) is 0 Å². The van der Waals surface area contributed by atoms with Crippen LogP contribution in [0, 0.1) is 0 Å². The van der Waals surface area contributed by atoms with Crippen LogP contribution in [0.2, 0.25) is 11.6 Å². The molecule has 0 aliphatic heterocycles. The molecule has 0 saturated carbocycles. The van der Waals surface area contributed by atoms with Crippen molar-refractivity contribution in [1.82, 2.24) is 0 Å². The molecule has 0 nitrogen and oxygen atoms in total. The van der Waals surface area contributed by atoms with Crippen LogP contribution in [0.15, 0.2) is 0 Å². The molecule has 8 heavy (non-hydrogen) atoms. The van der Waals surface area contributed by atoms with Gasteiger partial charge in [-0.25, -0.2) is 0 Å². The molecule has 0 aromatic heterocycles. The maximum absolute atomic E-state index is 2.54. The zero-order valence-corrected chi connectivity index (χ0v) is 11.4. The van der Waals surface area contributed by atoms with E-state index in [-0.39, 0.29) is 8.31 Å². The molecule has 1 atom stereocenters. The molecule has 0 aromatic carbocycles. The van der Waals surface area contributed by atoms with Crippen molar-refractivity contribution >= 4 is 26.6 Å². The first-order valence-corrected chi connectivity index (χ1v) is 14.1. The van der Waals surface area contributed by atoms with E-state index in [1.165, 1.54) is 0 Å². The van der Waals surface area contributed by atoms with Crippen LogP contribution >= 0.6 is 0 Å². The highest BCUT2D eigenvalue weighted by Crippen LogP contribution is 2.24. The van der Waals surface area contributed by atoms with Gasteiger partial charge in [-0.15, -0.1) is 0 Å². The van der Waals surface area contributed by atoms with Crippen LogP contribution in [-0.4, -0.2) is 26.6 Å². The van der Waals surface area contributed by atoms with Crippen LogP contribution in [0.3, 0.4) is 0 Å². The summed E-state index contributed by atoms with van der Waals surface area (Å²) in [5.74, 6) is 0. The Labute approximate surface area is 59.5 Å². The summed E-state index contributed by atoms with van der Waals surface area (Å²) in [6, 6.07) is 0. The molecule has 0 bridgehead atoms. The van der Waals surface area contributed by atoms with Crippen molar-refractivity contribution in [3.05, 3.63) is 0 Å². The zero-order valence-electron chi connectivity index (χ0n) is 6.78. The van der Waals surface area contributed by atoms with E-state index in [9.17, 15) is 0 Å². The lowest BCUT2D eigenvalue weighted by atomic mass is 10.3. The number of hydrogen-bond donors (Lipinski definition) is 0. The van der Waals surface area contributed by atoms with Crippen molar-refractivity contribution in [2.45, 2.75) is 32.4 Å². The molecule has 3 heteroatoms. The third kappa shape index (κ3) is 2.84. The van der Waals surface area contributed by atoms with Gasteiger partial charge in [-0.3, -0.25) is 0 Å². The Balaban J connectivity index is 3.62. The van der Waals surface area contributed by atoms with Crippen molar-refractivity contribution in [3.63, 3.8) is 0 Å². The quantitative estimate of drug-likeness (QED) is 0.460. The SMILES string of the molecule is C[SiH]([SiH2][SiH3])C(C)(C)C. The Kier molecular flexibility index (Phi) is 3.23. The molecule has 0 aliphatic rings. The first-order valence-electron chi connectivity index (χ1n) is 3.48. The number of rotatable bonds is 1. The van der Waals surface area contributed by atoms with Crippen LogP contribution in [0.5, 0.6) is 0 Å². The Morgan fingerprint density at radius 1 is 1.38 bits per heavy atom. The molecular weight excluding hydrogens is 144 g/mol. The molecule has 0 spiro atoms. The molecule has 0 N–H and O–H groups in total. The molecule has 0 saturated heterocycles. The van der Waals surface area contributed by atoms with E-state index < -0.39 is 0 Å². The van der Waals surface area contributed by atoms with Crippen molar-refractivity contribution in [1.29, 1.82) is 0 Å². The van der Waals surface area contributed by atoms with E-state index in [2.05, 4.69) is 27.3 Å².